The molecule has 1 aromatic carbocycles. The van der Waals surface area contributed by atoms with Crippen molar-refractivity contribution in [1.29, 1.82) is 0 Å². The number of methoxy groups -OCH3 is 2. The monoisotopic (exact) mass is 249 g/mol. The maximum Gasteiger partial charge on any atom is 0.257 e. The van der Waals surface area contributed by atoms with Crippen molar-refractivity contribution in [2.24, 2.45) is 5.73 Å². The molecule has 0 saturated heterocycles. The van der Waals surface area contributed by atoms with Gasteiger partial charge >= 0.3 is 0 Å². The first-order chi connectivity index (χ1) is 8.78. The Bertz CT molecular complexity index is 492. The van der Waals surface area contributed by atoms with Gasteiger partial charge in [0, 0.05) is 19.2 Å². The molecule has 0 spiro atoms. The van der Waals surface area contributed by atoms with Gasteiger partial charge in [-0.05, 0) is 24.3 Å². The lowest BCUT2D eigenvalue weighted by Crippen LogP contribution is -2.14. The van der Waals surface area contributed by atoms with Gasteiger partial charge in [-0.2, -0.15) is 4.98 Å². The largest absolute Gasteiger partial charge is 0.497 e. The summed E-state index contributed by atoms with van der Waals surface area (Å²) in [5, 5.41) is 3.90. The van der Waals surface area contributed by atoms with Gasteiger partial charge in [-0.3, -0.25) is 0 Å². The summed E-state index contributed by atoms with van der Waals surface area (Å²) in [7, 11) is 3.17. The van der Waals surface area contributed by atoms with Gasteiger partial charge in [0.25, 0.3) is 5.89 Å². The third kappa shape index (κ3) is 2.49. The maximum atomic E-state index is 5.53. The third-order valence-electron chi connectivity index (χ3n) is 2.56. The van der Waals surface area contributed by atoms with Crippen LogP contribution in [0.5, 0.6) is 5.75 Å². The molecule has 2 aromatic rings. The molecule has 0 saturated carbocycles. The quantitative estimate of drug-likeness (QED) is 0.862. The molecule has 2 rings (SSSR count). The summed E-state index contributed by atoms with van der Waals surface area (Å²) in [6, 6.07) is 7.39. The highest BCUT2D eigenvalue weighted by molar-refractivity contribution is 5.55. The maximum absolute atomic E-state index is 5.53. The number of hydrogen-bond donors (Lipinski definition) is 1. The van der Waals surface area contributed by atoms with E-state index in [0.717, 1.165) is 11.3 Å². The van der Waals surface area contributed by atoms with Crippen molar-refractivity contribution in [1.82, 2.24) is 10.1 Å². The first-order valence-corrected chi connectivity index (χ1v) is 5.49. The minimum absolute atomic E-state index is 0.292. The molecule has 0 bridgehead atoms. The lowest BCUT2D eigenvalue weighted by Gasteiger charge is -2.05. The molecule has 0 amide bonds. The van der Waals surface area contributed by atoms with E-state index in [2.05, 4.69) is 10.1 Å². The van der Waals surface area contributed by atoms with E-state index in [1.165, 1.54) is 0 Å². The zero-order valence-corrected chi connectivity index (χ0v) is 10.3. The summed E-state index contributed by atoms with van der Waals surface area (Å²) in [5.41, 5.74) is 6.38. The van der Waals surface area contributed by atoms with Crippen molar-refractivity contribution in [3.63, 3.8) is 0 Å². The number of nitrogens with zero attached hydrogens (tertiary/aromatic N) is 2. The summed E-state index contributed by atoms with van der Waals surface area (Å²) in [4.78, 5) is 4.25. The second kappa shape index (κ2) is 5.61. The minimum Gasteiger partial charge on any atom is -0.497 e. The zero-order valence-electron chi connectivity index (χ0n) is 10.3. The van der Waals surface area contributed by atoms with Gasteiger partial charge in [0.1, 0.15) is 11.9 Å². The number of aromatic nitrogens is 2. The molecule has 1 heterocycles. The molecular formula is C12H15N3O3. The van der Waals surface area contributed by atoms with Crippen LogP contribution in [0, 0.1) is 0 Å². The molecule has 2 N–H and O–H groups in total. The second-order valence-corrected chi connectivity index (χ2v) is 3.64. The van der Waals surface area contributed by atoms with Crippen molar-refractivity contribution >= 4 is 0 Å². The number of benzene rings is 1. The molecular weight excluding hydrogens is 234 g/mol. The highest BCUT2D eigenvalue weighted by atomic mass is 16.5. The topological polar surface area (TPSA) is 83.4 Å². The molecule has 18 heavy (non-hydrogen) atoms. The Morgan fingerprint density at radius 3 is 2.56 bits per heavy atom. The standard InChI is InChI=1S/C12H15N3O3/c1-16-9-5-3-8(4-6-9)11-14-12(18-15-11)10(7-13)17-2/h3-6,10H,7,13H2,1-2H3. The van der Waals surface area contributed by atoms with Gasteiger partial charge in [0.05, 0.1) is 7.11 Å². The first kappa shape index (κ1) is 12.5. The van der Waals surface area contributed by atoms with E-state index in [4.69, 9.17) is 19.7 Å². The predicted molar refractivity (Wildman–Crippen MR) is 65.1 cm³/mol. The molecule has 1 unspecified atom stereocenters. The Labute approximate surface area is 105 Å². The summed E-state index contributed by atoms with van der Waals surface area (Å²) < 4.78 is 15.3. The summed E-state index contributed by atoms with van der Waals surface area (Å²) >= 11 is 0. The van der Waals surface area contributed by atoms with Crippen LogP contribution in [0.3, 0.4) is 0 Å². The van der Waals surface area contributed by atoms with Crippen LogP contribution in [0.15, 0.2) is 28.8 Å². The molecule has 0 radical (unpaired) electrons. The Kier molecular flexibility index (Phi) is 3.91. The normalized spacial score (nSPS) is 12.4. The number of rotatable bonds is 5. The third-order valence-corrected chi connectivity index (χ3v) is 2.56. The molecule has 0 aliphatic carbocycles. The average Bonchev–Trinajstić information content (AvgIpc) is 2.90. The Morgan fingerprint density at radius 1 is 1.28 bits per heavy atom. The Balaban J connectivity index is 2.23. The highest BCUT2D eigenvalue weighted by Crippen LogP contribution is 2.22. The molecule has 0 aliphatic heterocycles. The van der Waals surface area contributed by atoms with E-state index in [0.29, 0.717) is 18.3 Å². The van der Waals surface area contributed by atoms with Gasteiger partial charge in [-0.15, -0.1) is 0 Å². The van der Waals surface area contributed by atoms with E-state index in [-0.39, 0.29) is 6.10 Å². The SMILES string of the molecule is COc1ccc(-c2noc(C(CN)OC)n2)cc1. The molecule has 1 atom stereocenters. The van der Waals surface area contributed by atoms with Gasteiger partial charge in [-0.1, -0.05) is 5.16 Å². The number of ether oxygens (including phenoxy) is 2. The molecule has 96 valence electrons. The van der Waals surface area contributed by atoms with Crippen LogP contribution in [-0.4, -0.2) is 30.9 Å². The van der Waals surface area contributed by atoms with Gasteiger partial charge in [0.2, 0.25) is 5.82 Å². The summed E-state index contributed by atoms with van der Waals surface area (Å²) in [6.07, 6.45) is -0.371. The van der Waals surface area contributed by atoms with Gasteiger partial charge in [-0.25, -0.2) is 0 Å². The van der Waals surface area contributed by atoms with Crippen LogP contribution < -0.4 is 10.5 Å². The van der Waals surface area contributed by atoms with Crippen LogP contribution in [0.4, 0.5) is 0 Å². The number of hydrogen-bond acceptors (Lipinski definition) is 6. The van der Waals surface area contributed by atoms with Crippen molar-refractivity contribution < 1.29 is 14.0 Å². The van der Waals surface area contributed by atoms with Crippen molar-refractivity contribution in [3.05, 3.63) is 30.2 Å². The van der Waals surface area contributed by atoms with E-state index in [1.807, 2.05) is 24.3 Å². The van der Waals surface area contributed by atoms with Crippen LogP contribution in [-0.2, 0) is 4.74 Å². The zero-order chi connectivity index (χ0) is 13.0. The molecule has 6 heteroatoms. The summed E-state index contributed by atoms with van der Waals surface area (Å²) in [6.45, 7) is 0.292. The fourth-order valence-electron chi connectivity index (χ4n) is 1.52. The van der Waals surface area contributed by atoms with Gasteiger partial charge < -0.3 is 19.7 Å². The fraction of sp³-hybridized carbons (Fsp3) is 0.333. The lowest BCUT2D eigenvalue weighted by atomic mass is 10.2. The van der Waals surface area contributed by atoms with Crippen LogP contribution >= 0.6 is 0 Å². The van der Waals surface area contributed by atoms with Crippen LogP contribution in [0.25, 0.3) is 11.4 Å². The average molecular weight is 249 g/mol. The smallest absolute Gasteiger partial charge is 0.257 e. The van der Waals surface area contributed by atoms with Gasteiger partial charge in [0.15, 0.2) is 0 Å². The van der Waals surface area contributed by atoms with Crippen LogP contribution in [0.1, 0.15) is 12.0 Å². The molecule has 0 fully saturated rings. The lowest BCUT2D eigenvalue weighted by molar-refractivity contribution is 0.0804. The first-order valence-electron chi connectivity index (χ1n) is 5.49. The van der Waals surface area contributed by atoms with E-state index >= 15 is 0 Å². The molecule has 1 aromatic heterocycles. The van der Waals surface area contributed by atoms with E-state index in [1.54, 1.807) is 14.2 Å². The number of nitrogens with two attached hydrogens (primary N) is 1. The van der Waals surface area contributed by atoms with Crippen molar-refractivity contribution in [3.8, 4) is 17.1 Å². The minimum atomic E-state index is -0.371. The molecule has 0 aliphatic rings. The Hall–Kier alpha value is -1.92. The molecule has 6 nitrogen and oxygen atoms in total. The van der Waals surface area contributed by atoms with E-state index in [9.17, 15) is 0 Å². The van der Waals surface area contributed by atoms with E-state index < -0.39 is 0 Å². The predicted octanol–water partition coefficient (Wildman–Crippen LogP) is 1.39. The fourth-order valence-corrected chi connectivity index (χ4v) is 1.52. The highest BCUT2D eigenvalue weighted by Gasteiger charge is 2.17. The van der Waals surface area contributed by atoms with Crippen molar-refractivity contribution in [2.75, 3.05) is 20.8 Å². The second-order valence-electron chi connectivity index (χ2n) is 3.64. The Morgan fingerprint density at radius 2 is 2.00 bits per heavy atom. The van der Waals surface area contributed by atoms with Crippen LogP contribution in [0.2, 0.25) is 0 Å². The summed E-state index contributed by atoms with van der Waals surface area (Å²) in [5.74, 6) is 1.66. The van der Waals surface area contributed by atoms with Crippen molar-refractivity contribution in [2.45, 2.75) is 6.10 Å².